The van der Waals surface area contributed by atoms with Crippen molar-refractivity contribution >= 4 is 17.3 Å². The summed E-state index contributed by atoms with van der Waals surface area (Å²) in [6.45, 7) is 4.40. The van der Waals surface area contributed by atoms with E-state index in [2.05, 4.69) is 5.32 Å². The highest BCUT2D eigenvalue weighted by Gasteiger charge is 2.22. The predicted octanol–water partition coefficient (Wildman–Crippen LogP) is 1.25. The number of nitro groups is 1. The molecule has 0 aromatic heterocycles. The van der Waals surface area contributed by atoms with Crippen molar-refractivity contribution in [2.75, 3.05) is 26.4 Å². The first kappa shape index (κ1) is 15.9. The Balaban J connectivity index is 2.84. The molecule has 3 N–H and O–H groups in total. The van der Waals surface area contributed by atoms with Crippen molar-refractivity contribution in [3.8, 4) is 0 Å². The fourth-order valence-electron chi connectivity index (χ4n) is 1.40. The molecule has 110 valence electrons. The van der Waals surface area contributed by atoms with E-state index in [0.29, 0.717) is 6.54 Å². The van der Waals surface area contributed by atoms with Crippen LogP contribution in [0.25, 0.3) is 0 Å². The van der Waals surface area contributed by atoms with Crippen LogP contribution in [0.1, 0.15) is 24.2 Å². The Bertz CT molecular complexity index is 526. The number of carbonyl (C=O) groups is 1. The van der Waals surface area contributed by atoms with Crippen molar-refractivity contribution in [1.82, 2.24) is 10.2 Å². The number of nitro benzene ring substituents is 1. The van der Waals surface area contributed by atoms with E-state index in [0.717, 1.165) is 0 Å². The number of anilines is 1. The van der Waals surface area contributed by atoms with Gasteiger partial charge in [-0.05, 0) is 40.1 Å². The second-order valence-electron chi connectivity index (χ2n) is 5.42. The minimum Gasteiger partial charge on any atom is -0.393 e. The van der Waals surface area contributed by atoms with E-state index in [1.54, 1.807) is 0 Å². The van der Waals surface area contributed by atoms with Crippen LogP contribution in [0.15, 0.2) is 18.2 Å². The number of likely N-dealkylation sites (N-methyl/N-ethyl adjacent to an activating group) is 1. The van der Waals surface area contributed by atoms with Crippen molar-refractivity contribution in [3.05, 3.63) is 33.9 Å². The van der Waals surface area contributed by atoms with Gasteiger partial charge in [0.05, 0.1) is 4.92 Å². The standard InChI is InChI=1S/C13H20N4O3/c1-13(2,16(3)4)8-15-12(18)9-5-6-10(14)11(7-9)17(19)20/h5-7H,8,14H2,1-4H3,(H,15,18). The lowest BCUT2D eigenvalue weighted by molar-refractivity contribution is -0.383. The van der Waals surface area contributed by atoms with Crippen LogP contribution in [0.5, 0.6) is 0 Å². The van der Waals surface area contributed by atoms with Crippen molar-refractivity contribution in [2.24, 2.45) is 0 Å². The molecule has 0 radical (unpaired) electrons. The molecule has 1 aromatic rings. The van der Waals surface area contributed by atoms with Gasteiger partial charge in [-0.25, -0.2) is 0 Å². The van der Waals surface area contributed by atoms with Crippen LogP contribution in [-0.2, 0) is 0 Å². The maximum Gasteiger partial charge on any atom is 0.292 e. The van der Waals surface area contributed by atoms with Gasteiger partial charge in [0.25, 0.3) is 11.6 Å². The van der Waals surface area contributed by atoms with Crippen LogP contribution in [0.3, 0.4) is 0 Å². The van der Waals surface area contributed by atoms with E-state index in [1.165, 1.54) is 18.2 Å². The van der Waals surface area contributed by atoms with Gasteiger partial charge in [-0.2, -0.15) is 0 Å². The molecule has 7 nitrogen and oxygen atoms in total. The molecule has 20 heavy (non-hydrogen) atoms. The third kappa shape index (κ3) is 3.67. The third-order valence-electron chi connectivity index (χ3n) is 3.38. The molecule has 0 bridgehead atoms. The first-order valence-electron chi connectivity index (χ1n) is 6.14. The number of hydrogen-bond acceptors (Lipinski definition) is 5. The maximum atomic E-state index is 12.0. The molecule has 0 aliphatic heterocycles. The van der Waals surface area contributed by atoms with Gasteiger partial charge in [0.1, 0.15) is 5.69 Å². The molecule has 0 saturated heterocycles. The summed E-state index contributed by atoms with van der Waals surface area (Å²) in [4.78, 5) is 24.2. The maximum absolute atomic E-state index is 12.0. The summed E-state index contributed by atoms with van der Waals surface area (Å²) in [5.41, 5.74) is 5.29. The quantitative estimate of drug-likeness (QED) is 0.480. The zero-order valence-corrected chi connectivity index (χ0v) is 12.1. The number of rotatable bonds is 5. The van der Waals surface area contributed by atoms with Gasteiger partial charge in [0, 0.05) is 23.7 Å². The molecule has 0 saturated carbocycles. The fourth-order valence-corrected chi connectivity index (χ4v) is 1.40. The van der Waals surface area contributed by atoms with E-state index in [4.69, 9.17) is 5.73 Å². The Morgan fingerprint density at radius 1 is 1.45 bits per heavy atom. The number of hydrogen-bond donors (Lipinski definition) is 2. The van der Waals surface area contributed by atoms with Crippen LogP contribution in [0.2, 0.25) is 0 Å². The number of nitrogens with two attached hydrogens (primary N) is 1. The number of nitrogen functional groups attached to an aromatic ring is 1. The molecule has 7 heteroatoms. The second-order valence-corrected chi connectivity index (χ2v) is 5.42. The van der Waals surface area contributed by atoms with Crippen molar-refractivity contribution in [1.29, 1.82) is 0 Å². The molecule has 1 amide bonds. The van der Waals surface area contributed by atoms with Gasteiger partial charge in [0.2, 0.25) is 0 Å². The summed E-state index contributed by atoms with van der Waals surface area (Å²) < 4.78 is 0. The van der Waals surface area contributed by atoms with E-state index in [-0.39, 0.29) is 28.4 Å². The normalized spacial score (nSPS) is 11.4. The first-order chi connectivity index (χ1) is 9.15. The van der Waals surface area contributed by atoms with Gasteiger partial charge >= 0.3 is 0 Å². The minimum atomic E-state index is -0.601. The van der Waals surface area contributed by atoms with E-state index in [9.17, 15) is 14.9 Å². The Morgan fingerprint density at radius 3 is 2.55 bits per heavy atom. The molecular weight excluding hydrogens is 260 g/mol. The monoisotopic (exact) mass is 280 g/mol. The average molecular weight is 280 g/mol. The number of amides is 1. The Morgan fingerprint density at radius 2 is 2.05 bits per heavy atom. The Hall–Kier alpha value is -2.15. The Labute approximate surface area is 117 Å². The van der Waals surface area contributed by atoms with Gasteiger partial charge in [-0.1, -0.05) is 0 Å². The van der Waals surface area contributed by atoms with Crippen molar-refractivity contribution in [3.63, 3.8) is 0 Å². The largest absolute Gasteiger partial charge is 0.393 e. The molecule has 0 atom stereocenters. The van der Waals surface area contributed by atoms with E-state index in [1.807, 2.05) is 32.8 Å². The summed E-state index contributed by atoms with van der Waals surface area (Å²) >= 11 is 0. The lowest BCUT2D eigenvalue weighted by Gasteiger charge is -2.32. The summed E-state index contributed by atoms with van der Waals surface area (Å²) in [5.74, 6) is -0.358. The molecule has 1 rings (SSSR count). The van der Waals surface area contributed by atoms with E-state index < -0.39 is 4.92 Å². The van der Waals surface area contributed by atoms with Crippen LogP contribution in [-0.4, -0.2) is 41.9 Å². The minimum absolute atomic E-state index is 0.0418. The molecule has 0 aliphatic rings. The molecule has 0 unspecified atom stereocenters. The summed E-state index contributed by atoms with van der Waals surface area (Å²) in [7, 11) is 3.83. The van der Waals surface area contributed by atoms with Gasteiger partial charge in [-0.3, -0.25) is 14.9 Å². The Kier molecular flexibility index (Phi) is 4.67. The highest BCUT2D eigenvalue weighted by molar-refractivity contribution is 5.95. The lowest BCUT2D eigenvalue weighted by Crippen LogP contribution is -2.48. The number of nitrogens with zero attached hydrogens (tertiary/aromatic N) is 2. The third-order valence-corrected chi connectivity index (χ3v) is 3.38. The summed E-state index contributed by atoms with van der Waals surface area (Å²) in [6, 6.07) is 4.03. The topological polar surface area (TPSA) is 102 Å². The average Bonchev–Trinajstić information content (AvgIpc) is 2.36. The number of nitrogens with one attached hydrogen (secondary N) is 1. The zero-order chi connectivity index (χ0) is 15.5. The molecule has 0 heterocycles. The SMILES string of the molecule is CN(C)C(C)(C)CNC(=O)c1ccc(N)c([N+](=O)[O-])c1. The van der Waals surface area contributed by atoms with E-state index >= 15 is 0 Å². The van der Waals surface area contributed by atoms with Crippen LogP contribution < -0.4 is 11.1 Å². The van der Waals surface area contributed by atoms with Crippen molar-refractivity contribution in [2.45, 2.75) is 19.4 Å². The summed E-state index contributed by atoms with van der Waals surface area (Å²) in [5, 5.41) is 13.6. The predicted molar refractivity (Wildman–Crippen MR) is 77.6 cm³/mol. The van der Waals surface area contributed by atoms with Crippen LogP contribution in [0, 0.1) is 10.1 Å². The molecular formula is C13H20N4O3. The van der Waals surface area contributed by atoms with Crippen LogP contribution in [0.4, 0.5) is 11.4 Å². The highest BCUT2D eigenvalue weighted by Crippen LogP contribution is 2.22. The molecule has 0 aliphatic carbocycles. The van der Waals surface area contributed by atoms with Crippen molar-refractivity contribution < 1.29 is 9.72 Å². The number of benzene rings is 1. The van der Waals surface area contributed by atoms with Gasteiger partial charge in [0.15, 0.2) is 0 Å². The first-order valence-corrected chi connectivity index (χ1v) is 6.14. The van der Waals surface area contributed by atoms with Gasteiger partial charge < -0.3 is 16.0 Å². The smallest absolute Gasteiger partial charge is 0.292 e. The molecule has 0 fully saturated rings. The molecule has 1 aromatic carbocycles. The zero-order valence-electron chi connectivity index (χ0n) is 12.1. The van der Waals surface area contributed by atoms with Crippen LogP contribution >= 0.6 is 0 Å². The van der Waals surface area contributed by atoms with Gasteiger partial charge in [-0.15, -0.1) is 0 Å². The fraction of sp³-hybridized carbons (Fsp3) is 0.462. The molecule has 0 spiro atoms. The highest BCUT2D eigenvalue weighted by atomic mass is 16.6. The number of carbonyl (C=O) groups excluding carboxylic acids is 1. The summed E-state index contributed by atoms with van der Waals surface area (Å²) in [6.07, 6.45) is 0. The second kappa shape index (κ2) is 5.87. The lowest BCUT2D eigenvalue weighted by atomic mass is 10.0.